The Kier molecular flexibility index (Phi) is 8.44. The van der Waals surface area contributed by atoms with Gasteiger partial charge in [-0.3, -0.25) is 4.90 Å². The Labute approximate surface area is 149 Å². The van der Waals surface area contributed by atoms with Gasteiger partial charge in [-0.1, -0.05) is 30.5 Å². The van der Waals surface area contributed by atoms with Crippen molar-refractivity contribution in [3.8, 4) is 0 Å². The minimum Gasteiger partial charge on any atom is -0.314 e. The van der Waals surface area contributed by atoms with E-state index < -0.39 is 0 Å². The van der Waals surface area contributed by atoms with Crippen molar-refractivity contribution in [3.63, 3.8) is 0 Å². The minimum atomic E-state index is -0.145. The van der Waals surface area contributed by atoms with E-state index >= 15 is 0 Å². The molecule has 1 atom stereocenters. The summed E-state index contributed by atoms with van der Waals surface area (Å²) in [7, 11) is 0. The second-order valence-corrected chi connectivity index (χ2v) is 6.38. The number of hydrogen-bond donors (Lipinski definition) is 1. The summed E-state index contributed by atoms with van der Waals surface area (Å²) in [6.45, 7) is 4.00. The van der Waals surface area contributed by atoms with Crippen LogP contribution in [-0.4, -0.2) is 31.1 Å². The lowest BCUT2D eigenvalue weighted by Crippen LogP contribution is -2.46. The lowest BCUT2D eigenvalue weighted by Gasteiger charge is -2.38. The van der Waals surface area contributed by atoms with Gasteiger partial charge in [0.15, 0.2) is 0 Å². The molecule has 3 rings (SSSR count). The Morgan fingerprint density at radius 2 is 1.77 bits per heavy atom. The maximum atomic E-state index is 14.4. The van der Waals surface area contributed by atoms with E-state index in [2.05, 4.69) is 10.2 Å². The maximum Gasteiger partial charge on any atom is 0.129 e. The van der Waals surface area contributed by atoms with E-state index in [-0.39, 0.29) is 36.7 Å². The molecule has 1 N–H and O–H groups in total. The van der Waals surface area contributed by atoms with E-state index in [1.165, 1.54) is 31.7 Å². The largest absolute Gasteiger partial charge is 0.314 e. The van der Waals surface area contributed by atoms with E-state index in [9.17, 15) is 4.39 Å². The van der Waals surface area contributed by atoms with Crippen LogP contribution in [0.3, 0.4) is 0 Å². The van der Waals surface area contributed by atoms with Crippen LogP contribution in [0.25, 0.3) is 0 Å². The first-order valence-electron chi connectivity index (χ1n) is 7.65. The number of nitrogens with zero attached hydrogens (tertiary/aromatic N) is 1. The quantitative estimate of drug-likeness (QED) is 0.846. The van der Waals surface area contributed by atoms with Gasteiger partial charge in [0, 0.05) is 42.8 Å². The zero-order valence-corrected chi connectivity index (χ0v) is 15.0. The van der Waals surface area contributed by atoms with Crippen LogP contribution in [0.2, 0.25) is 5.02 Å². The van der Waals surface area contributed by atoms with Gasteiger partial charge in [0.25, 0.3) is 0 Å². The molecule has 1 saturated carbocycles. The second-order valence-electron chi connectivity index (χ2n) is 5.94. The zero-order chi connectivity index (χ0) is 13.9. The molecule has 1 aromatic carbocycles. The van der Waals surface area contributed by atoms with Crippen molar-refractivity contribution in [3.05, 3.63) is 34.6 Å². The molecular weight excluding hydrogens is 346 g/mol. The number of benzene rings is 1. The van der Waals surface area contributed by atoms with Crippen LogP contribution in [0, 0.1) is 11.7 Å². The summed E-state index contributed by atoms with van der Waals surface area (Å²) in [5, 5.41) is 3.86. The first-order chi connectivity index (χ1) is 9.75. The van der Waals surface area contributed by atoms with Crippen LogP contribution in [0.15, 0.2) is 18.2 Å². The predicted octanol–water partition coefficient (Wildman–Crippen LogP) is 4.46. The van der Waals surface area contributed by atoms with Gasteiger partial charge in [-0.2, -0.15) is 0 Å². The number of piperazine rings is 1. The molecule has 6 heteroatoms. The molecular formula is C16H24Cl3FN2. The molecule has 0 radical (unpaired) electrons. The lowest BCUT2D eigenvalue weighted by atomic mass is 9.89. The Balaban J connectivity index is 0.00000121. The van der Waals surface area contributed by atoms with Crippen molar-refractivity contribution < 1.29 is 4.39 Å². The maximum absolute atomic E-state index is 14.4. The average molecular weight is 370 g/mol. The minimum absolute atomic E-state index is 0. The van der Waals surface area contributed by atoms with Crippen LogP contribution in [-0.2, 0) is 0 Å². The normalized spacial score (nSPS) is 21.0. The van der Waals surface area contributed by atoms with Crippen molar-refractivity contribution in [2.75, 3.05) is 26.2 Å². The van der Waals surface area contributed by atoms with Crippen LogP contribution >= 0.6 is 36.4 Å². The molecule has 1 aliphatic carbocycles. The third kappa shape index (κ3) is 4.48. The third-order valence-electron chi connectivity index (χ3n) is 4.67. The fourth-order valence-corrected chi connectivity index (χ4v) is 3.88. The van der Waals surface area contributed by atoms with Crippen LogP contribution < -0.4 is 5.32 Å². The highest BCUT2D eigenvalue weighted by molar-refractivity contribution is 6.30. The molecule has 2 aliphatic rings. The van der Waals surface area contributed by atoms with Crippen molar-refractivity contribution in [2.24, 2.45) is 5.92 Å². The molecule has 2 fully saturated rings. The van der Waals surface area contributed by atoms with Gasteiger partial charge in [-0.25, -0.2) is 4.39 Å². The van der Waals surface area contributed by atoms with Crippen molar-refractivity contribution in [2.45, 2.75) is 31.7 Å². The van der Waals surface area contributed by atoms with Crippen LogP contribution in [0.4, 0.5) is 4.39 Å². The molecule has 2 nitrogen and oxygen atoms in total. The summed E-state index contributed by atoms with van der Waals surface area (Å²) in [6.07, 6.45) is 5.00. The van der Waals surface area contributed by atoms with Gasteiger partial charge in [0.05, 0.1) is 0 Å². The number of nitrogens with one attached hydrogen (secondary N) is 1. The summed E-state index contributed by atoms with van der Waals surface area (Å²) in [5.74, 6) is 0.441. The van der Waals surface area contributed by atoms with Gasteiger partial charge in [0.1, 0.15) is 5.82 Å². The number of rotatable bonds is 3. The molecule has 1 heterocycles. The van der Waals surface area contributed by atoms with Gasteiger partial charge >= 0.3 is 0 Å². The molecule has 0 bridgehead atoms. The van der Waals surface area contributed by atoms with Crippen LogP contribution in [0.5, 0.6) is 0 Å². The molecule has 1 aromatic rings. The van der Waals surface area contributed by atoms with Gasteiger partial charge < -0.3 is 5.32 Å². The van der Waals surface area contributed by atoms with E-state index in [0.717, 1.165) is 31.7 Å². The SMILES string of the molecule is Cl.Cl.Fc1cc(Cl)ccc1[C@@H](C1CCCC1)N1CCNCC1. The van der Waals surface area contributed by atoms with Crippen molar-refractivity contribution >= 4 is 36.4 Å². The summed E-state index contributed by atoms with van der Waals surface area (Å²) in [4.78, 5) is 2.46. The summed E-state index contributed by atoms with van der Waals surface area (Å²) in [6, 6.07) is 5.39. The van der Waals surface area contributed by atoms with Crippen LogP contribution in [0.1, 0.15) is 37.3 Å². The second kappa shape index (κ2) is 9.29. The lowest BCUT2D eigenvalue weighted by molar-refractivity contribution is 0.122. The van der Waals surface area contributed by atoms with Crippen molar-refractivity contribution in [1.82, 2.24) is 10.2 Å². The van der Waals surface area contributed by atoms with Gasteiger partial charge in [0.2, 0.25) is 0 Å². The highest BCUT2D eigenvalue weighted by Gasteiger charge is 2.33. The molecule has 0 aromatic heterocycles. The molecule has 0 unspecified atom stereocenters. The molecule has 0 spiro atoms. The third-order valence-corrected chi connectivity index (χ3v) is 4.91. The first-order valence-corrected chi connectivity index (χ1v) is 8.03. The van der Waals surface area contributed by atoms with E-state index in [1.54, 1.807) is 0 Å². The zero-order valence-electron chi connectivity index (χ0n) is 12.6. The molecule has 1 saturated heterocycles. The Hall–Kier alpha value is -0.0600. The molecule has 22 heavy (non-hydrogen) atoms. The highest BCUT2D eigenvalue weighted by atomic mass is 35.5. The summed E-state index contributed by atoms with van der Waals surface area (Å²) in [5.41, 5.74) is 0.836. The predicted molar refractivity (Wildman–Crippen MR) is 95.0 cm³/mol. The van der Waals surface area contributed by atoms with Gasteiger partial charge in [-0.05, 0) is 30.9 Å². The molecule has 0 amide bonds. The smallest absolute Gasteiger partial charge is 0.129 e. The first kappa shape index (κ1) is 20.0. The topological polar surface area (TPSA) is 15.3 Å². The monoisotopic (exact) mass is 368 g/mol. The van der Waals surface area contributed by atoms with Crippen molar-refractivity contribution in [1.29, 1.82) is 0 Å². The van der Waals surface area contributed by atoms with E-state index in [1.807, 2.05) is 12.1 Å². The molecule has 1 aliphatic heterocycles. The fourth-order valence-electron chi connectivity index (χ4n) is 3.72. The van der Waals surface area contributed by atoms with E-state index in [0.29, 0.717) is 10.9 Å². The summed E-state index contributed by atoms with van der Waals surface area (Å²) >= 11 is 5.90. The standard InChI is InChI=1S/C16H22ClFN2.2ClH/c17-13-5-6-14(15(18)11-13)16(12-3-1-2-4-12)20-9-7-19-8-10-20;;/h5-6,11-12,16,19H,1-4,7-10H2;2*1H/t16-;;/m1../s1. The Morgan fingerprint density at radius 3 is 2.36 bits per heavy atom. The highest BCUT2D eigenvalue weighted by Crippen LogP contribution is 2.40. The van der Waals surface area contributed by atoms with E-state index in [4.69, 9.17) is 11.6 Å². The summed E-state index contributed by atoms with van der Waals surface area (Å²) < 4.78 is 14.4. The van der Waals surface area contributed by atoms with Gasteiger partial charge in [-0.15, -0.1) is 24.8 Å². The average Bonchev–Trinajstić information content (AvgIpc) is 2.97. The fraction of sp³-hybridized carbons (Fsp3) is 0.625. The Morgan fingerprint density at radius 1 is 1.14 bits per heavy atom. The Bertz CT molecular complexity index is 461. The number of hydrogen-bond acceptors (Lipinski definition) is 2. The molecule has 126 valence electrons. The number of halogens is 4.